The van der Waals surface area contributed by atoms with Crippen LogP contribution in [0.15, 0.2) is 65.8 Å². The molecule has 0 unspecified atom stereocenters. The van der Waals surface area contributed by atoms with E-state index in [-0.39, 0.29) is 12.4 Å². The van der Waals surface area contributed by atoms with E-state index in [0.29, 0.717) is 21.5 Å². The Hall–Kier alpha value is -3.79. The molecule has 0 bridgehead atoms. The van der Waals surface area contributed by atoms with Crippen molar-refractivity contribution in [3.8, 4) is 5.75 Å². The molecule has 4 aromatic rings. The van der Waals surface area contributed by atoms with Gasteiger partial charge in [0.1, 0.15) is 23.6 Å². The number of alkyl halides is 3. The minimum Gasteiger partial charge on any atom is -0.488 e. The van der Waals surface area contributed by atoms with Gasteiger partial charge in [-0.25, -0.2) is 17.6 Å². The highest BCUT2D eigenvalue weighted by Crippen LogP contribution is 2.38. The van der Waals surface area contributed by atoms with Crippen molar-refractivity contribution in [1.82, 2.24) is 0 Å². The van der Waals surface area contributed by atoms with Crippen molar-refractivity contribution in [2.45, 2.75) is 12.8 Å². The third kappa shape index (κ3) is 4.94. The molecule has 0 amide bonds. The van der Waals surface area contributed by atoms with Crippen LogP contribution in [0.3, 0.4) is 0 Å². The molecule has 0 radical (unpaired) electrons. The van der Waals surface area contributed by atoms with Crippen molar-refractivity contribution in [2.24, 2.45) is 5.10 Å². The Morgan fingerprint density at radius 1 is 0.833 bits per heavy atom. The lowest BCUT2D eigenvalue weighted by atomic mass is 10.0. The van der Waals surface area contributed by atoms with Gasteiger partial charge in [0.05, 0.1) is 6.21 Å². The van der Waals surface area contributed by atoms with E-state index in [2.05, 4.69) is 5.10 Å². The highest BCUT2D eigenvalue weighted by molar-refractivity contribution is 6.31. The number of anilines is 1. The molecular formula is C25H14ClF7N2O. The van der Waals surface area contributed by atoms with Crippen molar-refractivity contribution >= 4 is 34.3 Å². The number of fused-ring (bicyclic) bond motifs is 1. The highest BCUT2D eigenvalue weighted by Gasteiger charge is 2.42. The molecule has 4 rings (SSSR count). The Morgan fingerprint density at radius 3 is 2.14 bits per heavy atom. The molecule has 0 aliphatic rings. The first kappa shape index (κ1) is 25.3. The van der Waals surface area contributed by atoms with Crippen molar-refractivity contribution in [3.63, 3.8) is 0 Å². The van der Waals surface area contributed by atoms with Crippen LogP contribution in [0.25, 0.3) is 10.8 Å². The lowest BCUT2D eigenvalue weighted by Crippen LogP contribution is -2.16. The van der Waals surface area contributed by atoms with Crippen LogP contribution in [0, 0.1) is 23.3 Å². The van der Waals surface area contributed by atoms with E-state index >= 15 is 0 Å². The molecule has 4 aromatic carbocycles. The monoisotopic (exact) mass is 526 g/mol. The zero-order valence-electron chi connectivity index (χ0n) is 17.9. The summed E-state index contributed by atoms with van der Waals surface area (Å²) in [7, 11) is 0. The number of nitrogens with zero attached hydrogens (tertiary/aromatic N) is 1. The first-order valence-electron chi connectivity index (χ1n) is 10.2. The van der Waals surface area contributed by atoms with Crippen LogP contribution in [0.4, 0.5) is 36.4 Å². The Labute approximate surface area is 204 Å². The third-order valence-electron chi connectivity index (χ3n) is 5.19. The zero-order valence-corrected chi connectivity index (χ0v) is 18.7. The van der Waals surface area contributed by atoms with E-state index in [1.54, 1.807) is 66.1 Å². The topological polar surface area (TPSA) is 33.6 Å². The number of hydrogen-bond donors (Lipinski definition) is 1. The summed E-state index contributed by atoms with van der Waals surface area (Å²) in [6.07, 6.45) is -4.58. The summed E-state index contributed by atoms with van der Waals surface area (Å²) in [5.74, 6) is -9.44. The number of benzene rings is 4. The van der Waals surface area contributed by atoms with Crippen LogP contribution >= 0.6 is 11.6 Å². The molecular weight excluding hydrogens is 513 g/mol. The van der Waals surface area contributed by atoms with E-state index < -0.39 is 40.7 Å². The molecule has 0 atom stereocenters. The molecule has 3 nitrogen and oxygen atoms in total. The number of hydrogen-bond acceptors (Lipinski definition) is 3. The SMILES string of the molecule is Fc1c(F)c(C(F)(F)F)c(F)c(F)c1NN=Cc1c(OCc2ccccc2Cl)ccc2ccccc12. The van der Waals surface area contributed by atoms with E-state index in [9.17, 15) is 30.7 Å². The summed E-state index contributed by atoms with van der Waals surface area (Å²) in [6, 6.07) is 17.3. The van der Waals surface area contributed by atoms with Crippen molar-refractivity contribution in [1.29, 1.82) is 0 Å². The molecule has 0 saturated carbocycles. The molecule has 0 fully saturated rings. The molecule has 0 aliphatic heterocycles. The average Bonchev–Trinajstić information content (AvgIpc) is 2.84. The maximum absolute atomic E-state index is 14.2. The van der Waals surface area contributed by atoms with Crippen LogP contribution in [0.2, 0.25) is 5.02 Å². The first-order chi connectivity index (χ1) is 17.1. The Balaban J connectivity index is 1.70. The predicted octanol–water partition coefficient (Wildman–Crippen LogP) is 8.09. The predicted molar refractivity (Wildman–Crippen MR) is 122 cm³/mol. The summed E-state index contributed by atoms with van der Waals surface area (Å²) >= 11 is 6.15. The van der Waals surface area contributed by atoms with Crippen LogP contribution in [-0.2, 0) is 12.8 Å². The van der Waals surface area contributed by atoms with Gasteiger partial charge in [-0.1, -0.05) is 60.1 Å². The average molecular weight is 527 g/mol. The molecule has 0 heterocycles. The second-order valence-corrected chi connectivity index (χ2v) is 7.86. The van der Waals surface area contributed by atoms with Gasteiger partial charge in [0.2, 0.25) is 0 Å². The van der Waals surface area contributed by atoms with Gasteiger partial charge in [-0.15, -0.1) is 0 Å². The van der Waals surface area contributed by atoms with Crippen LogP contribution in [0.1, 0.15) is 16.7 Å². The summed E-state index contributed by atoms with van der Waals surface area (Å²) < 4.78 is 100. The molecule has 0 aliphatic carbocycles. The van der Waals surface area contributed by atoms with Gasteiger partial charge in [0.25, 0.3) is 0 Å². The second-order valence-electron chi connectivity index (χ2n) is 7.45. The third-order valence-corrected chi connectivity index (χ3v) is 5.56. The molecule has 186 valence electrons. The number of hydrazone groups is 1. The Kier molecular flexibility index (Phi) is 7.07. The van der Waals surface area contributed by atoms with Gasteiger partial charge in [-0.3, -0.25) is 5.43 Å². The van der Waals surface area contributed by atoms with Crippen LogP contribution in [-0.4, -0.2) is 6.21 Å². The van der Waals surface area contributed by atoms with E-state index in [0.717, 1.165) is 11.6 Å². The molecule has 11 heteroatoms. The zero-order chi connectivity index (χ0) is 26.0. The quantitative estimate of drug-likeness (QED) is 0.119. The minimum absolute atomic E-state index is 0.0604. The fourth-order valence-electron chi connectivity index (χ4n) is 3.45. The van der Waals surface area contributed by atoms with E-state index in [4.69, 9.17) is 16.3 Å². The Morgan fingerprint density at radius 2 is 1.47 bits per heavy atom. The van der Waals surface area contributed by atoms with Crippen LogP contribution in [0.5, 0.6) is 5.75 Å². The Bertz CT molecular complexity index is 1440. The fraction of sp³-hybridized carbons (Fsp3) is 0.0800. The maximum Gasteiger partial charge on any atom is 0.422 e. The van der Waals surface area contributed by atoms with Crippen molar-refractivity contribution in [3.05, 3.63) is 106 Å². The minimum atomic E-state index is -5.64. The number of halogens is 8. The van der Waals surface area contributed by atoms with Gasteiger partial charge in [-0.05, 0) is 22.9 Å². The summed E-state index contributed by atoms with van der Waals surface area (Å²) in [5.41, 5.74) is -1.44. The maximum atomic E-state index is 14.2. The van der Waals surface area contributed by atoms with Gasteiger partial charge in [0, 0.05) is 16.1 Å². The standard InChI is InChI=1S/C25H14ClF7N2O/c26-17-8-4-2-6-14(17)12-36-18-10-9-13-5-1-3-7-15(13)16(18)11-34-35-24-22(29)20(27)19(25(31,32)33)21(28)23(24)30/h1-11,35H,12H2. The number of ether oxygens (including phenoxy) is 1. The van der Waals surface area contributed by atoms with Gasteiger partial charge >= 0.3 is 6.18 Å². The largest absolute Gasteiger partial charge is 0.488 e. The molecule has 1 N–H and O–H groups in total. The number of nitrogens with one attached hydrogen (secondary N) is 1. The van der Waals surface area contributed by atoms with Crippen molar-refractivity contribution in [2.75, 3.05) is 5.43 Å². The smallest absolute Gasteiger partial charge is 0.422 e. The van der Waals surface area contributed by atoms with Crippen molar-refractivity contribution < 1.29 is 35.5 Å². The first-order valence-corrected chi connectivity index (χ1v) is 10.6. The van der Waals surface area contributed by atoms with E-state index in [1.807, 2.05) is 0 Å². The summed E-state index contributed by atoms with van der Waals surface area (Å²) in [6.45, 7) is 0.0604. The highest BCUT2D eigenvalue weighted by atomic mass is 35.5. The van der Waals surface area contributed by atoms with Gasteiger partial charge < -0.3 is 4.74 Å². The number of rotatable bonds is 6. The summed E-state index contributed by atoms with van der Waals surface area (Å²) in [5, 5.41) is 5.43. The van der Waals surface area contributed by atoms with E-state index in [1.165, 1.54) is 0 Å². The molecule has 0 aromatic heterocycles. The van der Waals surface area contributed by atoms with Gasteiger partial charge in [0.15, 0.2) is 23.3 Å². The molecule has 36 heavy (non-hydrogen) atoms. The van der Waals surface area contributed by atoms with Crippen LogP contribution < -0.4 is 10.2 Å². The lowest BCUT2D eigenvalue weighted by molar-refractivity contribution is -0.143. The normalized spacial score (nSPS) is 11.9. The summed E-state index contributed by atoms with van der Waals surface area (Å²) in [4.78, 5) is 0. The molecule has 0 spiro atoms. The van der Waals surface area contributed by atoms with Gasteiger partial charge in [-0.2, -0.15) is 18.3 Å². The molecule has 0 saturated heterocycles. The lowest BCUT2D eigenvalue weighted by Gasteiger charge is -2.14. The fourth-order valence-corrected chi connectivity index (χ4v) is 3.64. The second kappa shape index (κ2) is 10.1.